The van der Waals surface area contributed by atoms with Gasteiger partial charge >= 0.3 is 0 Å². The Hall–Kier alpha value is -2.33. The molecule has 0 aliphatic carbocycles. The molecule has 3 rings (SSSR count). The zero-order chi connectivity index (χ0) is 14.8. The summed E-state index contributed by atoms with van der Waals surface area (Å²) < 4.78 is 2.10. The molecule has 3 aromatic rings. The van der Waals surface area contributed by atoms with Crippen LogP contribution in [0, 0.1) is 13.8 Å². The van der Waals surface area contributed by atoms with Crippen molar-refractivity contribution < 1.29 is 0 Å². The number of hydrogen-bond acceptors (Lipinski definition) is 3. The number of thiazole rings is 1. The van der Waals surface area contributed by atoms with E-state index in [2.05, 4.69) is 77.4 Å². The molecule has 4 heteroatoms. The number of nitrogens with two attached hydrogens (primary N) is 1. The Morgan fingerprint density at radius 1 is 1.00 bits per heavy atom. The highest BCUT2D eigenvalue weighted by Gasteiger charge is 2.10. The van der Waals surface area contributed by atoms with Crippen molar-refractivity contribution in [2.45, 2.75) is 13.8 Å². The molecule has 106 valence electrons. The van der Waals surface area contributed by atoms with Crippen LogP contribution in [0.1, 0.15) is 11.1 Å². The molecule has 2 aromatic carbocycles. The van der Waals surface area contributed by atoms with Crippen LogP contribution in [0.2, 0.25) is 0 Å². The van der Waals surface area contributed by atoms with Crippen molar-refractivity contribution in [3.8, 4) is 16.9 Å². The highest BCUT2D eigenvalue weighted by atomic mass is 32.1. The van der Waals surface area contributed by atoms with Crippen molar-refractivity contribution >= 4 is 11.3 Å². The molecule has 3 nitrogen and oxygen atoms in total. The van der Waals surface area contributed by atoms with E-state index >= 15 is 0 Å². The van der Waals surface area contributed by atoms with E-state index in [0.717, 1.165) is 21.7 Å². The van der Waals surface area contributed by atoms with Crippen molar-refractivity contribution in [1.29, 1.82) is 0 Å². The average molecular weight is 295 g/mol. The maximum Gasteiger partial charge on any atom is 0.212 e. The van der Waals surface area contributed by atoms with E-state index in [9.17, 15) is 0 Å². The SMILES string of the molecule is Cc1ccc(-c2csc(=NN)n2-c2cccc(C)c2)cc1. The molecule has 0 spiro atoms. The normalized spacial score (nSPS) is 11.8. The van der Waals surface area contributed by atoms with Gasteiger partial charge in [0.25, 0.3) is 0 Å². The molecule has 2 N–H and O–H groups in total. The minimum absolute atomic E-state index is 0.788. The van der Waals surface area contributed by atoms with Crippen LogP contribution >= 0.6 is 11.3 Å². The molecule has 0 bridgehead atoms. The predicted molar refractivity (Wildman–Crippen MR) is 88.3 cm³/mol. The summed E-state index contributed by atoms with van der Waals surface area (Å²) in [6.45, 7) is 4.17. The van der Waals surface area contributed by atoms with Crippen molar-refractivity contribution in [1.82, 2.24) is 4.57 Å². The highest BCUT2D eigenvalue weighted by molar-refractivity contribution is 7.07. The number of rotatable bonds is 2. The smallest absolute Gasteiger partial charge is 0.212 e. The van der Waals surface area contributed by atoms with Gasteiger partial charge in [-0.25, -0.2) is 0 Å². The molecule has 1 aromatic heterocycles. The standard InChI is InChI=1S/C17H17N3S/c1-12-6-8-14(9-7-12)16-11-21-17(19-18)20(16)15-5-3-4-13(2)10-15/h3-11H,18H2,1-2H3. The van der Waals surface area contributed by atoms with Gasteiger partial charge in [0.2, 0.25) is 4.80 Å². The van der Waals surface area contributed by atoms with Gasteiger partial charge < -0.3 is 5.84 Å². The van der Waals surface area contributed by atoms with E-state index in [1.54, 1.807) is 11.3 Å². The minimum Gasteiger partial charge on any atom is -0.320 e. The number of aromatic nitrogens is 1. The fourth-order valence-corrected chi connectivity index (χ4v) is 3.17. The fourth-order valence-electron chi connectivity index (χ4n) is 2.34. The summed E-state index contributed by atoms with van der Waals surface area (Å²) in [5.41, 5.74) is 5.81. The summed E-state index contributed by atoms with van der Waals surface area (Å²) in [4.78, 5) is 0.788. The van der Waals surface area contributed by atoms with Gasteiger partial charge in [-0.3, -0.25) is 4.57 Å². The maximum absolute atomic E-state index is 5.56. The van der Waals surface area contributed by atoms with Crippen LogP contribution < -0.4 is 10.6 Å². The summed E-state index contributed by atoms with van der Waals surface area (Å²) in [6.07, 6.45) is 0. The first-order valence-corrected chi connectivity index (χ1v) is 7.65. The molecule has 0 aliphatic heterocycles. The molecule has 0 saturated heterocycles. The van der Waals surface area contributed by atoms with Crippen LogP contribution in [-0.2, 0) is 0 Å². The summed E-state index contributed by atoms with van der Waals surface area (Å²) in [5.74, 6) is 5.56. The van der Waals surface area contributed by atoms with E-state index in [1.165, 1.54) is 11.1 Å². The van der Waals surface area contributed by atoms with Gasteiger partial charge in [0.15, 0.2) is 0 Å². The average Bonchev–Trinajstić information content (AvgIpc) is 2.92. The lowest BCUT2D eigenvalue weighted by atomic mass is 10.1. The summed E-state index contributed by atoms with van der Waals surface area (Å²) in [7, 11) is 0. The van der Waals surface area contributed by atoms with E-state index in [0.29, 0.717) is 0 Å². The van der Waals surface area contributed by atoms with Gasteiger partial charge in [0.05, 0.1) is 5.69 Å². The zero-order valence-electron chi connectivity index (χ0n) is 12.1. The topological polar surface area (TPSA) is 43.3 Å². The first-order valence-electron chi connectivity index (χ1n) is 6.77. The van der Waals surface area contributed by atoms with Gasteiger partial charge in [0.1, 0.15) is 0 Å². The van der Waals surface area contributed by atoms with E-state index in [4.69, 9.17) is 5.84 Å². The third kappa shape index (κ3) is 2.62. The van der Waals surface area contributed by atoms with E-state index < -0.39 is 0 Å². The lowest BCUT2D eigenvalue weighted by molar-refractivity contribution is 0.969. The lowest BCUT2D eigenvalue weighted by Gasteiger charge is -2.10. The zero-order valence-corrected chi connectivity index (χ0v) is 12.9. The van der Waals surface area contributed by atoms with Gasteiger partial charge in [-0.1, -0.05) is 42.0 Å². The molecular weight excluding hydrogens is 278 g/mol. The number of benzene rings is 2. The van der Waals surface area contributed by atoms with Crippen molar-refractivity contribution in [2.24, 2.45) is 10.9 Å². The molecule has 0 amide bonds. The number of nitrogens with zero attached hydrogens (tertiary/aromatic N) is 2. The number of aryl methyl sites for hydroxylation is 2. The second kappa shape index (κ2) is 5.58. The minimum atomic E-state index is 0.788. The van der Waals surface area contributed by atoms with Crippen LogP contribution in [0.15, 0.2) is 59.0 Å². The highest BCUT2D eigenvalue weighted by Crippen LogP contribution is 2.24. The molecule has 0 radical (unpaired) electrons. The first-order chi connectivity index (χ1) is 10.2. The van der Waals surface area contributed by atoms with Crippen molar-refractivity contribution in [3.05, 3.63) is 69.8 Å². The Kier molecular flexibility index (Phi) is 3.62. The molecular formula is C17H17N3S. The Morgan fingerprint density at radius 3 is 2.43 bits per heavy atom. The second-order valence-corrected chi connectivity index (χ2v) is 5.91. The summed E-state index contributed by atoms with van der Waals surface area (Å²) in [5, 5.41) is 6.02. The monoisotopic (exact) mass is 295 g/mol. The Labute approximate surface area is 128 Å². The molecule has 0 saturated carbocycles. The molecule has 0 fully saturated rings. The van der Waals surface area contributed by atoms with Crippen LogP contribution in [-0.4, -0.2) is 4.57 Å². The van der Waals surface area contributed by atoms with Crippen LogP contribution in [0.25, 0.3) is 16.9 Å². The Bertz CT molecular complexity index is 826. The second-order valence-electron chi connectivity index (χ2n) is 5.07. The Morgan fingerprint density at radius 2 is 1.76 bits per heavy atom. The van der Waals surface area contributed by atoms with Gasteiger partial charge in [0, 0.05) is 11.1 Å². The van der Waals surface area contributed by atoms with Gasteiger partial charge in [-0.15, -0.1) is 11.3 Å². The molecule has 0 atom stereocenters. The number of hydrogen-bond donors (Lipinski definition) is 1. The molecule has 0 aliphatic rings. The summed E-state index contributed by atoms with van der Waals surface area (Å²) >= 11 is 1.55. The third-order valence-corrected chi connectivity index (χ3v) is 4.27. The van der Waals surface area contributed by atoms with Crippen LogP contribution in [0.4, 0.5) is 0 Å². The maximum atomic E-state index is 5.56. The fraction of sp³-hybridized carbons (Fsp3) is 0.118. The van der Waals surface area contributed by atoms with Crippen LogP contribution in [0.3, 0.4) is 0 Å². The third-order valence-electron chi connectivity index (χ3n) is 3.43. The lowest BCUT2D eigenvalue weighted by Crippen LogP contribution is -2.16. The summed E-state index contributed by atoms with van der Waals surface area (Å²) in [6, 6.07) is 16.8. The molecule has 0 unspecified atom stereocenters. The van der Waals surface area contributed by atoms with Gasteiger partial charge in [-0.05, 0) is 37.1 Å². The molecule has 1 heterocycles. The quantitative estimate of drug-likeness (QED) is 0.570. The van der Waals surface area contributed by atoms with Crippen molar-refractivity contribution in [2.75, 3.05) is 0 Å². The van der Waals surface area contributed by atoms with Crippen molar-refractivity contribution in [3.63, 3.8) is 0 Å². The Balaban J connectivity index is 2.24. The van der Waals surface area contributed by atoms with Crippen LogP contribution in [0.5, 0.6) is 0 Å². The van der Waals surface area contributed by atoms with E-state index in [1.807, 2.05) is 0 Å². The predicted octanol–water partition coefficient (Wildman–Crippen LogP) is 3.60. The van der Waals surface area contributed by atoms with Gasteiger partial charge in [-0.2, -0.15) is 5.10 Å². The van der Waals surface area contributed by atoms with E-state index in [-0.39, 0.29) is 0 Å². The largest absolute Gasteiger partial charge is 0.320 e. The first kappa shape index (κ1) is 13.6. The molecule has 21 heavy (non-hydrogen) atoms.